The van der Waals surface area contributed by atoms with E-state index in [1.54, 1.807) is 53.1 Å². The molecule has 6 rings (SSSR count). The summed E-state index contributed by atoms with van der Waals surface area (Å²) in [6.45, 7) is 2.65. The molecule has 0 aliphatic carbocycles. The topological polar surface area (TPSA) is 120 Å². The van der Waals surface area contributed by atoms with Gasteiger partial charge in [-0.05, 0) is 56.2 Å². The lowest BCUT2D eigenvalue weighted by molar-refractivity contribution is 0.0983. The minimum atomic E-state index is -4.24. The third kappa shape index (κ3) is 4.66. The van der Waals surface area contributed by atoms with Crippen molar-refractivity contribution < 1.29 is 21.6 Å². The summed E-state index contributed by atoms with van der Waals surface area (Å²) < 4.78 is 65.7. The molecule has 5 aromatic rings. The molecule has 39 heavy (non-hydrogen) atoms. The number of rotatable bonds is 7. The van der Waals surface area contributed by atoms with Crippen LogP contribution in [-0.2, 0) is 31.1 Å². The number of hydrogen-bond donors (Lipinski definition) is 1. The van der Waals surface area contributed by atoms with Crippen LogP contribution in [0.2, 0.25) is 0 Å². The van der Waals surface area contributed by atoms with Crippen molar-refractivity contribution in [3.8, 4) is 0 Å². The minimum absolute atomic E-state index is 0.00341. The first kappa shape index (κ1) is 25.5. The summed E-state index contributed by atoms with van der Waals surface area (Å²) in [5.74, 6) is -0.111. The lowest BCUT2D eigenvalue weighted by atomic mass is 10.2. The van der Waals surface area contributed by atoms with E-state index in [1.165, 1.54) is 24.3 Å². The van der Waals surface area contributed by atoms with E-state index in [0.29, 0.717) is 17.6 Å². The van der Waals surface area contributed by atoms with Gasteiger partial charge in [0.15, 0.2) is 5.65 Å². The molecule has 1 aliphatic heterocycles. The Kier molecular flexibility index (Phi) is 6.37. The van der Waals surface area contributed by atoms with Gasteiger partial charge < -0.3 is 9.30 Å². The molecular formula is C28H26N4O5S2. The number of sulfone groups is 1. The first-order valence-corrected chi connectivity index (χ1v) is 15.5. The monoisotopic (exact) mass is 562 g/mol. The number of para-hydroxylation sites is 2. The second-order valence-corrected chi connectivity index (χ2v) is 13.1. The van der Waals surface area contributed by atoms with Gasteiger partial charge in [-0.25, -0.2) is 26.8 Å². The molecule has 1 N–H and O–H groups in total. The highest BCUT2D eigenvalue weighted by Crippen LogP contribution is 2.39. The predicted octanol–water partition coefficient (Wildman–Crippen LogP) is 4.71. The Bertz CT molecular complexity index is 1900. The molecule has 1 atom stereocenters. The Labute approximate surface area is 226 Å². The van der Waals surface area contributed by atoms with Gasteiger partial charge in [-0.3, -0.25) is 4.72 Å². The number of aromatic nitrogens is 3. The predicted molar refractivity (Wildman–Crippen MR) is 148 cm³/mol. The Morgan fingerprint density at radius 2 is 1.54 bits per heavy atom. The van der Waals surface area contributed by atoms with Gasteiger partial charge in [0.25, 0.3) is 10.0 Å². The van der Waals surface area contributed by atoms with Crippen LogP contribution in [0.1, 0.15) is 18.4 Å². The van der Waals surface area contributed by atoms with Crippen molar-refractivity contribution >= 4 is 47.9 Å². The van der Waals surface area contributed by atoms with Crippen molar-refractivity contribution in [1.29, 1.82) is 0 Å². The molecule has 1 aliphatic rings. The quantitative estimate of drug-likeness (QED) is 0.305. The zero-order valence-electron chi connectivity index (χ0n) is 21.1. The van der Waals surface area contributed by atoms with Crippen LogP contribution < -0.4 is 4.72 Å². The van der Waals surface area contributed by atoms with E-state index in [4.69, 9.17) is 14.7 Å². The number of aryl methyl sites for hydroxylation is 1. The molecule has 11 heteroatoms. The fourth-order valence-electron chi connectivity index (χ4n) is 4.82. The number of fused-ring (bicyclic) bond motifs is 2. The van der Waals surface area contributed by atoms with E-state index >= 15 is 0 Å². The van der Waals surface area contributed by atoms with Gasteiger partial charge in [0.1, 0.15) is 16.2 Å². The maximum absolute atomic E-state index is 14.2. The Morgan fingerprint density at radius 1 is 0.872 bits per heavy atom. The summed E-state index contributed by atoms with van der Waals surface area (Å²) in [5.41, 5.74) is 2.31. The fourth-order valence-corrected chi connectivity index (χ4v) is 7.52. The zero-order chi connectivity index (χ0) is 27.2. The van der Waals surface area contributed by atoms with Gasteiger partial charge >= 0.3 is 0 Å². The van der Waals surface area contributed by atoms with Gasteiger partial charge in [-0.15, -0.1) is 0 Å². The number of nitrogens with one attached hydrogen (secondary N) is 1. The van der Waals surface area contributed by atoms with Gasteiger partial charge in [0, 0.05) is 6.61 Å². The van der Waals surface area contributed by atoms with Crippen molar-refractivity contribution in [3.63, 3.8) is 0 Å². The summed E-state index contributed by atoms with van der Waals surface area (Å²) in [6.07, 6.45) is 1.38. The van der Waals surface area contributed by atoms with Crippen molar-refractivity contribution in [2.75, 3.05) is 11.3 Å². The Balaban J connectivity index is 1.67. The number of hydrogen-bond acceptors (Lipinski definition) is 7. The summed E-state index contributed by atoms with van der Waals surface area (Å²) in [5, 5.41) is 0. The molecule has 3 aromatic carbocycles. The largest absolute Gasteiger partial charge is 0.376 e. The van der Waals surface area contributed by atoms with Gasteiger partial charge in [-0.2, -0.15) is 0 Å². The molecule has 0 unspecified atom stereocenters. The summed E-state index contributed by atoms with van der Waals surface area (Å²) in [6, 6.07) is 21.4. The molecule has 0 spiro atoms. The first-order valence-electron chi connectivity index (χ1n) is 12.5. The van der Waals surface area contributed by atoms with Crippen LogP contribution in [0.15, 0.2) is 93.5 Å². The highest BCUT2D eigenvalue weighted by molar-refractivity contribution is 7.93. The number of nitrogens with zero attached hydrogens (tertiary/aromatic N) is 3. The Hall–Kier alpha value is -3.80. The van der Waals surface area contributed by atoms with Crippen LogP contribution >= 0.6 is 0 Å². The smallest absolute Gasteiger partial charge is 0.263 e. The molecule has 1 saturated heterocycles. The van der Waals surface area contributed by atoms with Crippen molar-refractivity contribution in [2.24, 2.45) is 0 Å². The average molecular weight is 563 g/mol. The van der Waals surface area contributed by atoms with Gasteiger partial charge in [-0.1, -0.05) is 48.0 Å². The van der Waals surface area contributed by atoms with Crippen LogP contribution in [0.5, 0.6) is 0 Å². The highest BCUT2D eigenvalue weighted by Gasteiger charge is 2.34. The third-order valence-corrected chi connectivity index (χ3v) is 9.97. The second-order valence-electron chi connectivity index (χ2n) is 9.54. The Morgan fingerprint density at radius 3 is 2.21 bits per heavy atom. The normalized spacial score (nSPS) is 16.2. The second kappa shape index (κ2) is 9.74. The highest BCUT2D eigenvalue weighted by atomic mass is 32.2. The minimum Gasteiger partial charge on any atom is -0.376 e. The maximum atomic E-state index is 14.2. The standard InChI is InChI=1S/C28H26N4O5S2/c1-19-13-15-21(16-14-19)38(33,34)26-25-27(30-24-12-6-5-11-23(24)29-25)32(18-20-8-7-17-37-20)28(26)31-39(35,36)22-9-3-2-4-10-22/h2-6,9-16,20,31H,7-8,17-18H2,1H3/t20-/m1/s1. The van der Waals surface area contributed by atoms with Crippen molar-refractivity contribution in [2.45, 2.75) is 47.1 Å². The summed E-state index contributed by atoms with van der Waals surface area (Å²) in [4.78, 5) is 9.27. The molecule has 3 heterocycles. The van der Waals surface area contributed by atoms with E-state index in [2.05, 4.69) is 4.72 Å². The molecule has 200 valence electrons. The van der Waals surface area contributed by atoms with Crippen LogP contribution in [0, 0.1) is 6.92 Å². The molecule has 1 fully saturated rings. The van der Waals surface area contributed by atoms with Crippen molar-refractivity contribution in [1.82, 2.24) is 14.5 Å². The SMILES string of the molecule is Cc1ccc(S(=O)(=O)c2c(NS(=O)(=O)c3ccccc3)n(C[C@H]3CCCO3)c3nc4ccccc4nc23)cc1. The lowest BCUT2D eigenvalue weighted by Gasteiger charge is -2.17. The maximum Gasteiger partial charge on any atom is 0.263 e. The van der Waals surface area contributed by atoms with E-state index in [0.717, 1.165) is 18.4 Å². The third-order valence-electron chi connectivity index (χ3n) is 6.80. The van der Waals surface area contributed by atoms with Crippen LogP contribution in [0.3, 0.4) is 0 Å². The van der Waals surface area contributed by atoms with E-state index in [9.17, 15) is 16.8 Å². The fraction of sp³-hybridized carbons (Fsp3) is 0.214. The van der Waals surface area contributed by atoms with Crippen LogP contribution in [0.25, 0.3) is 22.2 Å². The van der Waals surface area contributed by atoms with E-state index < -0.39 is 19.9 Å². The average Bonchev–Trinajstić information content (AvgIpc) is 3.54. The van der Waals surface area contributed by atoms with Gasteiger partial charge in [0.05, 0.1) is 33.5 Å². The van der Waals surface area contributed by atoms with Crippen LogP contribution in [-0.4, -0.2) is 44.1 Å². The molecule has 9 nitrogen and oxygen atoms in total. The number of benzene rings is 3. The molecule has 2 aromatic heterocycles. The summed E-state index contributed by atoms with van der Waals surface area (Å²) >= 11 is 0. The van der Waals surface area contributed by atoms with Crippen molar-refractivity contribution in [3.05, 3.63) is 84.4 Å². The molecule has 0 bridgehead atoms. The number of sulfonamides is 1. The number of ether oxygens (including phenoxy) is 1. The first-order chi connectivity index (χ1) is 18.7. The van der Waals surface area contributed by atoms with Crippen LogP contribution in [0.4, 0.5) is 5.82 Å². The molecule has 0 amide bonds. The van der Waals surface area contributed by atoms with Gasteiger partial charge in [0.2, 0.25) is 9.84 Å². The summed E-state index contributed by atoms with van der Waals surface area (Å²) in [7, 11) is -8.41. The lowest BCUT2D eigenvalue weighted by Crippen LogP contribution is -2.21. The van der Waals surface area contributed by atoms with E-state index in [-0.39, 0.29) is 44.3 Å². The molecule has 0 radical (unpaired) electrons. The molecule has 0 saturated carbocycles. The van der Waals surface area contributed by atoms with E-state index in [1.807, 2.05) is 13.0 Å². The molecular weight excluding hydrogens is 536 g/mol. The number of anilines is 1. The zero-order valence-corrected chi connectivity index (χ0v) is 22.7.